The van der Waals surface area contributed by atoms with Gasteiger partial charge in [-0.05, 0) is 52.7 Å². The van der Waals surface area contributed by atoms with Crippen molar-refractivity contribution >= 4 is 35.1 Å². The number of carbonyl (C=O) groups excluding carboxylic acids is 1. The molecule has 1 aliphatic heterocycles. The number of hydrogen-bond acceptors (Lipinski definition) is 7. The van der Waals surface area contributed by atoms with Gasteiger partial charge in [-0.3, -0.25) is 0 Å². The number of hydrogen-bond donors (Lipinski definition) is 1. The van der Waals surface area contributed by atoms with Gasteiger partial charge in [0.25, 0.3) is 0 Å². The molecule has 0 bridgehead atoms. The second-order valence-electron chi connectivity index (χ2n) is 8.13. The van der Waals surface area contributed by atoms with Crippen LogP contribution < -0.4 is 10.1 Å². The highest BCUT2D eigenvalue weighted by atomic mass is 35.5. The van der Waals surface area contributed by atoms with E-state index >= 15 is 0 Å². The molecule has 182 valence electrons. The summed E-state index contributed by atoms with van der Waals surface area (Å²) >= 11 is 12.5. The summed E-state index contributed by atoms with van der Waals surface area (Å²) in [5, 5.41) is 16.1. The number of rotatable bonds is 7. The second-order valence-corrected chi connectivity index (χ2v) is 8.95. The first-order valence-corrected chi connectivity index (χ1v) is 11.9. The molecule has 0 radical (unpaired) electrons. The minimum absolute atomic E-state index is 0.156. The van der Waals surface area contributed by atoms with E-state index in [4.69, 9.17) is 32.7 Å². The van der Waals surface area contributed by atoms with E-state index in [0.717, 1.165) is 11.1 Å². The Kier molecular flexibility index (Phi) is 6.88. The monoisotopic (exact) mass is 521 g/mol. The third-order valence-electron chi connectivity index (χ3n) is 5.79. The van der Waals surface area contributed by atoms with Gasteiger partial charge >= 0.3 is 5.97 Å². The highest BCUT2D eigenvalue weighted by Crippen LogP contribution is 2.36. The van der Waals surface area contributed by atoms with Gasteiger partial charge in [0.1, 0.15) is 25.0 Å². The van der Waals surface area contributed by atoms with E-state index in [2.05, 4.69) is 20.8 Å². The molecule has 0 spiro atoms. The van der Waals surface area contributed by atoms with Crippen LogP contribution in [-0.4, -0.2) is 26.2 Å². The normalized spacial score (nSPS) is 14.7. The van der Waals surface area contributed by atoms with Gasteiger partial charge in [-0.1, -0.05) is 76.8 Å². The zero-order chi connectivity index (χ0) is 25.1. The maximum absolute atomic E-state index is 13.2. The van der Waals surface area contributed by atoms with Gasteiger partial charge in [0, 0.05) is 21.3 Å². The standard InChI is InChI=1S/C26H21Cl2N5O3/c1-16-23(25(34)36-14-17-6-3-2-4-7-17)24(33-26(29-16)30-31-32-33)18-10-12-19(13-11-18)35-15-20-21(27)8-5-9-22(20)28/h2-13,24H,14-15H2,1H3,(H,29,30,32). The summed E-state index contributed by atoms with van der Waals surface area (Å²) < 4.78 is 13.1. The molecule has 1 unspecified atom stereocenters. The minimum Gasteiger partial charge on any atom is -0.489 e. The van der Waals surface area contributed by atoms with Crippen molar-refractivity contribution in [3.8, 4) is 5.75 Å². The number of halogens is 2. The largest absolute Gasteiger partial charge is 0.489 e. The van der Waals surface area contributed by atoms with Crippen LogP contribution in [-0.2, 0) is 22.7 Å². The fourth-order valence-corrected chi connectivity index (χ4v) is 4.46. The number of tetrazole rings is 1. The highest BCUT2D eigenvalue weighted by Gasteiger charge is 2.35. The van der Waals surface area contributed by atoms with Crippen molar-refractivity contribution in [1.82, 2.24) is 20.2 Å². The topological polar surface area (TPSA) is 91.2 Å². The van der Waals surface area contributed by atoms with Crippen molar-refractivity contribution < 1.29 is 14.3 Å². The molecule has 4 aromatic rings. The van der Waals surface area contributed by atoms with Crippen LogP contribution >= 0.6 is 23.2 Å². The molecular formula is C26H21Cl2N5O3. The molecule has 0 amide bonds. The van der Waals surface area contributed by atoms with E-state index in [9.17, 15) is 4.79 Å². The lowest BCUT2D eigenvalue weighted by Crippen LogP contribution is -2.29. The summed E-state index contributed by atoms with van der Waals surface area (Å²) in [7, 11) is 0. The molecule has 0 saturated heterocycles. The molecule has 0 saturated carbocycles. The lowest BCUT2D eigenvalue weighted by atomic mass is 9.95. The number of nitrogens with zero attached hydrogens (tertiary/aromatic N) is 4. The number of esters is 1. The Bertz CT molecular complexity index is 1400. The molecule has 5 rings (SSSR count). The first-order valence-electron chi connectivity index (χ1n) is 11.1. The van der Waals surface area contributed by atoms with Gasteiger partial charge in [-0.2, -0.15) is 4.68 Å². The number of ether oxygens (including phenoxy) is 2. The van der Waals surface area contributed by atoms with Crippen LogP contribution in [0.25, 0.3) is 0 Å². The van der Waals surface area contributed by atoms with Gasteiger partial charge < -0.3 is 14.8 Å². The van der Waals surface area contributed by atoms with E-state index in [1.54, 1.807) is 29.8 Å². The molecule has 36 heavy (non-hydrogen) atoms. The Labute approximate surface area is 217 Å². The maximum atomic E-state index is 13.2. The molecule has 0 aliphatic carbocycles. The molecule has 2 heterocycles. The van der Waals surface area contributed by atoms with Crippen LogP contribution in [0.2, 0.25) is 10.0 Å². The Balaban J connectivity index is 1.38. The number of aromatic nitrogens is 4. The highest BCUT2D eigenvalue weighted by molar-refractivity contribution is 6.35. The molecular weight excluding hydrogens is 501 g/mol. The van der Waals surface area contributed by atoms with E-state index < -0.39 is 12.0 Å². The fourth-order valence-electron chi connectivity index (χ4n) is 3.96. The molecule has 1 N–H and O–H groups in total. The Morgan fingerprint density at radius 2 is 1.69 bits per heavy atom. The van der Waals surface area contributed by atoms with Gasteiger partial charge in [-0.25, -0.2) is 4.79 Å². The molecule has 10 heteroatoms. The maximum Gasteiger partial charge on any atom is 0.338 e. The predicted octanol–water partition coefficient (Wildman–Crippen LogP) is 5.59. The fraction of sp³-hybridized carbons (Fsp3) is 0.154. The average Bonchev–Trinajstić information content (AvgIpc) is 3.35. The molecule has 1 atom stereocenters. The van der Waals surface area contributed by atoms with E-state index in [-0.39, 0.29) is 13.2 Å². The third-order valence-corrected chi connectivity index (χ3v) is 6.50. The SMILES string of the molecule is CC1=C(C(=O)OCc2ccccc2)C(c2ccc(OCc3c(Cl)cccc3Cl)cc2)n2nnnc2N1. The van der Waals surface area contributed by atoms with E-state index in [0.29, 0.717) is 38.6 Å². The molecule has 3 aromatic carbocycles. The van der Waals surface area contributed by atoms with Gasteiger partial charge in [0.2, 0.25) is 5.95 Å². The first kappa shape index (κ1) is 23.8. The quantitative estimate of drug-likeness (QED) is 0.317. The summed E-state index contributed by atoms with van der Waals surface area (Å²) in [6.07, 6.45) is 0. The summed E-state index contributed by atoms with van der Waals surface area (Å²) in [6.45, 7) is 2.18. The van der Waals surface area contributed by atoms with Crippen molar-refractivity contribution in [2.75, 3.05) is 5.32 Å². The predicted molar refractivity (Wildman–Crippen MR) is 136 cm³/mol. The zero-order valence-electron chi connectivity index (χ0n) is 19.2. The van der Waals surface area contributed by atoms with Crippen LogP contribution in [0.3, 0.4) is 0 Å². The minimum atomic E-state index is -0.577. The van der Waals surface area contributed by atoms with Crippen LogP contribution in [0.4, 0.5) is 5.95 Å². The first-order chi connectivity index (χ1) is 17.5. The van der Waals surface area contributed by atoms with Crippen LogP contribution in [0.5, 0.6) is 5.75 Å². The van der Waals surface area contributed by atoms with Crippen molar-refractivity contribution in [2.45, 2.75) is 26.2 Å². The number of allylic oxidation sites excluding steroid dienone is 1. The van der Waals surface area contributed by atoms with E-state index in [1.807, 2.05) is 54.6 Å². The van der Waals surface area contributed by atoms with Gasteiger partial charge in [0.05, 0.1) is 5.57 Å². The van der Waals surface area contributed by atoms with Crippen molar-refractivity contribution in [2.24, 2.45) is 0 Å². The number of nitrogens with one attached hydrogen (secondary N) is 1. The molecule has 0 fully saturated rings. The van der Waals surface area contributed by atoms with Gasteiger partial charge in [-0.15, -0.1) is 0 Å². The smallest absolute Gasteiger partial charge is 0.338 e. The molecule has 1 aliphatic rings. The molecule has 1 aromatic heterocycles. The van der Waals surface area contributed by atoms with Crippen molar-refractivity contribution in [1.29, 1.82) is 0 Å². The Hall–Kier alpha value is -3.88. The lowest BCUT2D eigenvalue weighted by Gasteiger charge is -2.27. The van der Waals surface area contributed by atoms with Crippen LogP contribution in [0, 0.1) is 0 Å². The summed E-state index contributed by atoms with van der Waals surface area (Å²) in [6, 6.07) is 21.6. The van der Waals surface area contributed by atoms with Crippen LogP contribution in [0.1, 0.15) is 29.7 Å². The number of fused-ring (bicyclic) bond motifs is 1. The second kappa shape index (κ2) is 10.4. The number of benzene rings is 3. The van der Waals surface area contributed by atoms with Crippen molar-refractivity contribution in [3.63, 3.8) is 0 Å². The Morgan fingerprint density at radius 3 is 2.42 bits per heavy atom. The summed E-state index contributed by atoms with van der Waals surface area (Å²) in [5.41, 5.74) is 3.44. The van der Waals surface area contributed by atoms with Crippen LogP contribution in [0.15, 0.2) is 84.1 Å². The molecule has 8 nitrogen and oxygen atoms in total. The van der Waals surface area contributed by atoms with E-state index in [1.165, 1.54) is 0 Å². The lowest BCUT2D eigenvalue weighted by molar-refractivity contribution is -0.140. The average molecular weight is 522 g/mol. The zero-order valence-corrected chi connectivity index (χ0v) is 20.7. The third kappa shape index (κ3) is 4.91. The summed E-state index contributed by atoms with van der Waals surface area (Å²) in [5.74, 6) is 0.601. The number of anilines is 1. The summed E-state index contributed by atoms with van der Waals surface area (Å²) in [4.78, 5) is 13.2. The van der Waals surface area contributed by atoms with Gasteiger partial charge in [0.15, 0.2) is 0 Å². The van der Waals surface area contributed by atoms with Crippen molar-refractivity contribution in [3.05, 3.63) is 111 Å². The Morgan fingerprint density at radius 1 is 0.972 bits per heavy atom. The number of carbonyl (C=O) groups is 1.